The summed E-state index contributed by atoms with van der Waals surface area (Å²) in [5.41, 5.74) is 1.41. The molecule has 126 valence electrons. The minimum atomic E-state index is 0.350. The molecule has 1 aromatic rings. The van der Waals surface area contributed by atoms with E-state index in [0.29, 0.717) is 24.4 Å². The summed E-state index contributed by atoms with van der Waals surface area (Å²) in [5.74, 6) is 1.02. The molecule has 0 unspecified atom stereocenters. The van der Waals surface area contributed by atoms with Crippen LogP contribution < -0.4 is 0 Å². The van der Waals surface area contributed by atoms with Crippen molar-refractivity contribution in [3.8, 4) is 0 Å². The lowest BCUT2D eigenvalue weighted by molar-refractivity contribution is -0.134. The zero-order valence-corrected chi connectivity index (χ0v) is 14.4. The predicted molar refractivity (Wildman–Crippen MR) is 94.3 cm³/mol. The lowest BCUT2D eigenvalue weighted by Gasteiger charge is -2.33. The average Bonchev–Trinajstić information content (AvgIpc) is 3.01. The van der Waals surface area contributed by atoms with Crippen LogP contribution in [0.15, 0.2) is 30.3 Å². The number of aryl methyl sites for hydroxylation is 1. The van der Waals surface area contributed by atoms with Gasteiger partial charge in [0.05, 0.1) is 6.54 Å². The van der Waals surface area contributed by atoms with Gasteiger partial charge in [-0.3, -0.25) is 9.69 Å². The quantitative estimate of drug-likeness (QED) is 0.832. The van der Waals surface area contributed by atoms with Crippen molar-refractivity contribution >= 4 is 5.91 Å². The molecule has 2 aliphatic rings. The van der Waals surface area contributed by atoms with E-state index < -0.39 is 0 Å². The molecule has 2 atom stereocenters. The second-order valence-corrected chi connectivity index (χ2v) is 7.38. The molecule has 2 aliphatic heterocycles. The third-order valence-electron chi connectivity index (χ3n) is 5.46. The van der Waals surface area contributed by atoms with Crippen LogP contribution in [-0.4, -0.2) is 47.9 Å². The monoisotopic (exact) mass is 314 g/mol. The maximum Gasteiger partial charge on any atom is 0.236 e. The molecule has 0 radical (unpaired) electrons. The SMILES string of the molecule is C[C@@H]1CCCN(C(=O)CN2CCC[C@@H]2CCc2ccccc2)C1. The van der Waals surface area contributed by atoms with Crippen LogP contribution in [0.2, 0.25) is 0 Å². The van der Waals surface area contributed by atoms with Crippen molar-refractivity contribution in [3.63, 3.8) is 0 Å². The minimum Gasteiger partial charge on any atom is -0.341 e. The van der Waals surface area contributed by atoms with Gasteiger partial charge >= 0.3 is 0 Å². The van der Waals surface area contributed by atoms with Crippen molar-refractivity contribution in [2.75, 3.05) is 26.2 Å². The summed E-state index contributed by atoms with van der Waals surface area (Å²) in [7, 11) is 0. The number of amides is 1. The van der Waals surface area contributed by atoms with Gasteiger partial charge in [-0.25, -0.2) is 0 Å². The van der Waals surface area contributed by atoms with E-state index in [0.717, 1.165) is 26.1 Å². The third-order valence-corrected chi connectivity index (χ3v) is 5.46. The Bertz CT molecular complexity index is 502. The fraction of sp³-hybridized carbons (Fsp3) is 0.650. The van der Waals surface area contributed by atoms with E-state index in [4.69, 9.17) is 0 Å². The molecule has 2 heterocycles. The molecule has 0 saturated carbocycles. The molecule has 0 N–H and O–H groups in total. The van der Waals surface area contributed by atoms with Crippen molar-refractivity contribution in [2.45, 2.75) is 51.5 Å². The van der Waals surface area contributed by atoms with Crippen molar-refractivity contribution in [1.82, 2.24) is 9.80 Å². The molecule has 2 fully saturated rings. The molecule has 3 nitrogen and oxygen atoms in total. The zero-order valence-electron chi connectivity index (χ0n) is 14.4. The highest BCUT2D eigenvalue weighted by molar-refractivity contribution is 5.78. The molecule has 0 spiro atoms. The van der Waals surface area contributed by atoms with Crippen molar-refractivity contribution in [2.24, 2.45) is 5.92 Å². The number of likely N-dealkylation sites (tertiary alicyclic amines) is 2. The van der Waals surface area contributed by atoms with E-state index >= 15 is 0 Å². The molecule has 3 rings (SSSR count). The first-order chi connectivity index (χ1) is 11.2. The number of benzene rings is 1. The first-order valence-electron chi connectivity index (χ1n) is 9.28. The van der Waals surface area contributed by atoms with Crippen LogP contribution in [0.3, 0.4) is 0 Å². The van der Waals surface area contributed by atoms with Crippen LogP contribution in [0, 0.1) is 5.92 Å². The lowest BCUT2D eigenvalue weighted by Crippen LogP contribution is -2.45. The number of rotatable bonds is 5. The Morgan fingerprint density at radius 2 is 1.91 bits per heavy atom. The third kappa shape index (κ3) is 4.57. The van der Waals surface area contributed by atoms with Crippen LogP contribution in [0.1, 0.15) is 44.6 Å². The van der Waals surface area contributed by atoms with Gasteiger partial charge in [0.2, 0.25) is 5.91 Å². The second-order valence-electron chi connectivity index (χ2n) is 7.38. The Labute approximate surface area is 140 Å². The molecule has 2 saturated heterocycles. The number of hydrogen-bond donors (Lipinski definition) is 0. The van der Waals surface area contributed by atoms with Crippen LogP contribution in [-0.2, 0) is 11.2 Å². The largest absolute Gasteiger partial charge is 0.341 e. The normalized spacial score (nSPS) is 25.7. The molecule has 23 heavy (non-hydrogen) atoms. The molecule has 0 bridgehead atoms. The number of hydrogen-bond acceptors (Lipinski definition) is 2. The first-order valence-corrected chi connectivity index (χ1v) is 9.28. The van der Waals surface area contributed by atoms with Crippen LogP contribution in [0.25, 0.3) is 0 Å². The van der Waals surface area contributed by atoms with E-state index in [1.165, 1.54) is 37.7 Å². The molecule has 3 heteroatoms. The summed E-state index contributed by atoms with van der Waals surface area (Å²) >= 11 is 0. The van der Waals surface area contributed by atoms with Gasteiger partial charge in [-0.05, 0) is 56.6 Å². The molecular weight excluding hydrogens is 284 g/mol. The van der Waals surface area contributed by atoms with E-state index in [1.807, 2.05) is 0 Å². The van der Waals surface area contributed by atoms with Crippen molar-refractivity contribution < 1.29 is 4.79 Å². The standard InChI is InChI=1S/C20H30N2O/c1-17-7-5-14-22(15-17)20(23)16-21-13-6-10-19(21)12-11-18-8-3-2-4-9-18/h2-4,8-9,17,19H,5-7,10-16H2,1H3/t17-,19-/m1/s1. The van der Waals surface area contributed by atoms with E-state index in [1.54, 1.807) is 0 Å². The van der Waals surface area contributed by atoms with Gasteiger partial charge in [-0.15, -0.1) is 0 Å². The fourth-order valence-electron chi connectivity index (χ4n) is 4.10. The number of nitrogens with zero attached hydrogens (tertiary/aromatic N) is 2. The number of carbonyl (C=O) groups excluding carboxylic acids is 1. The number of piperidine rings is 1. The maximum absolute atomic E-state index is 12.6. The zero-order chi connectivity index (χ0) is 16.1. The van der Waals surface area contributed by atoms with Gasteiger partial charge in [-0.1, -0.05) is 37.3 Å². The Morgan fingerprint density at radius 1 is 1.13 bits per heavy atom. The first kappa shape index (κ1) is 16.5. The molecule has 1 amide bonds. The summed E-state index contributed by atoms with van der Waals surface area (Å²) in [5, 5.41) is 0. The molecular formula is C20H30N2O. The Morgan fingerprint density at radius 3 is 2.70 bits per heavy atom. The van der Waals surface area contributed by atoms with E-state index in [2.05, 4.69) is 47.1 Å². The van der Waals surface area contributed by atoms with Gasteiger partial charge in [0.1, 0.15) is 0 Å². The van der Waals surface area contributed by atoms with Gasteiger partial charge in [0, 0.05) is 19.1 Å². The van der Waals surface area contributed by atoms with Gasteiger partial charge in [-0.2, -0.15) is 0 Å². The van der Waals surface area contributed by atoms with E-state index in [9.17, 15) is 4.79 Å². The molecule has 0 aliphatic carbocycles. The predicted octanol–water partition coefficient (Wildman–Crippen LogP) is 3.34. The van der Waals surface area contributed by atoms with Gasteiger partial charge in [0.15, 0.2) is 0 Å². The lowest BCUT2D eigenvalue weighted by atomic mass is 10.0. The smallest absolute Gasteiger partial charge is 0.236 e. The van der Waals surface area contributed by atoms with Crippen molar-refractivity contribution in [3.05, 3.63) is 35.9 Å². The molecule has 0 aromatic heterocycles. The molecule has 1 aromatic carbocycles. The summed E-state index contributed by atoms with van der Waals surface area (Å²) in [6.07, 6.45) is 7.22. The van der Waals surface area contributed by atoms with Crippen molar-refractivity contribution in [1.29, 1.82) is 0 Å². The van der Waals surface area contributed by atoms with Crippen LogP contribution in [0.5, 0.6) is 0 Å². The summed E-state index contributed by atoms with van der Waals surface area (Å²) in [6.45, 7) is 5.91. The fourth-order valence-corrected chi connectivity index (χ4v) is 4.10. The highest BCUT2D eigenvalue weighted by atomic mass is 16.2. The Kier molecular flexibility index (Phi) is 5.71. The second kappa shape index (κ2) is 7.96. The average molecular weight is 314 g/mol. The Balaban J connectivity index is 1.49. The Hall–Kier alpha value is -1.35. The van der Waals surface area contributed by atoms with Crippen LogP contribution >= 0.6 is 0 Å². The highest BCUT2D eigenvalue weighted by Crippen LogP contribution is 2.23. The highest BCUT2D eigenvalue weighted by Gasteiger charge is 2.28. The van der Waals surface area contributed by atoms with Crippen LogP contribution in [0.4, 0.5) is 0 Å². The topological polar surface area (TPSA) is 23.6 Å². The van der Waals surface area contributed by atoms with Gasteiger partial charge < -0.3 is 4.90 Å². The van der Waals surface area contributed by atoms with E-state index in [-0.39, 0.29) is 0 Å². The van der Waals surface area contributed by atoms with Gasteiger partial charge in [0.25, 0.3) is 0 Å². The summed E-state index contributed by atoms with van der Waals surface area (Å²) in [6, 6.07) is 11.3. The maximum atomic E-state index is 12.6. The summed E-state index contributed by atoms with van der Waals surface area (Å²) in [4.78, 5) is 17.1. The summed E-state index contributed by atoms with van der Waals surface area (Å²) < 4.78 is 0. The number of carbonyl (C=O) groups is 1. The minimum absolute atomic E-state index is 0.350.